The summed E-state index contributed by atoms with van der Waals surface area (Å²) in [6.45, 7) is 4.73. The highest BCUT2D eigenvalue weighted by Crippen LogP contribution is 2.50. The Labute approximate surface area is 118 Å². The van der Waals surface area contributed by atoms with E-state index in [-0.39, 0.29) is 5.92 Å². The third kappa shape index (κ3) is 2.49. The van der Waals surface area contributed by atoms with E-state index in [0.717, 1.165) is 36.6 Å². The van der Waals surface area contributed by atoms with Gasteiger partial charge < -0.3 is 10.2 Å². The van der Waals surface area contributed by atoms with E-state index in [4.69, 9.17) is 11.6 Å². The number of piperazine rings is 1. The molecule has 2 unspecified atom stereocenters. The highest BCUT2D eigenvalue weighted by atomic mass is 35.5. The zero-order valence-electron chi connectivity index (χ0n) is 11.1. The first kappa shape index (κ1) is 12.9. The third-order valence-electron chi connectivity index (χ3n) is 4.20. The summed E-state index contributed by atoms with van der Waals surface area (Å²) in [6.07, 6.45) is 0.944. The summed E-state index contributed by atoms with van der Waals surface area (Å²) in [4.78, 5) is 14.5. The number of carbonyl (C=O) groups excluding carboxylic acids is 1. The van der Waals surface area contributed by atoms with Crippen molar-refractivity contribution in [3.63, 3.8) is 0 Å². The number of hydrogen-bond acceptors (Lipinski definition) is 2. The van der Waals surface area contributed by atoms with Gasteiger partial charge in [0.1, 0.15) is 0 Å². The Morgan fingerprint density at radius 2 is 2.21 bits per heavy atom. The van der Waals surface area contributed by atoms with Gasteiger partial charge in [-0.05, 0) is 30.9 Å². The lowest BCUT2D eigenvalue weighted by Crippen LogP contribution is -2.52. The molecule has 1 saturated heterocycles. The summed E-state index contributed by atoms with van der Waals surface area (Å²) in [5.41, 5.74) is 1.13. The normalized spacial score (nSPS) is 30.2. The Kier molecular flexibility index (Phi) is 3.50. The first-order valence-electron chi connectivity index (χ1n) is 6.94. The standard InChI is InChI=1S/C15H19ClN2O/c1-10-9-17-6-7-18(10)15(19)13-8-12(13)11-4-2-3-5-14(11)16/h2-5,10,12-13,17H,6-9H2,1H3/t10-,12?,13?/m0/s1. The van der Waals surface area contributed by atoms with Gasteiger partial charge >= 0.3 is 0 Å². The first-order valence-corrected chi connectivity index (χ1v) is 7.32. The Morgan fingerprint density at radius 1 is 1.42 bits per heavy atom. The van der Waals surface area contributed by atoms with E-state index in [9.17, 15) is 4.79 Å². The van der Waals surface area contributed by atoms with Crippen molar-refractivity contribution < 1.29 is 4.79 Å². The van der Waals surface area contributed by atoms with Crippen molar-refractivity contribution >= 4 is 17.5 Å². The molecule has 1 N–H and O–H groups in total. The van der Waals surface area contributed by atoms with Gasteiger partial charge in [0.15, 0.2) is 0 Å². The average molecular weight is 279 g/mol. The molecule has 102 valence electrons. The molecule has 4 heteroatoms. The molecule has 0 radical (unpaired) electrons. The molecule has 2 fully saturated rings. The molecule has 1 aliphatic carbocycles. The van der Waals surface area contributed by atoms with Crippen LogP contribution >= 0.6 is 11.6 Å². The molecule has 3 nitrogen and oxygen atoms in total. The lowest BCUT2D eigenvalue weighted by atomic mass is 10.1. The summed E-state index contributed by atoms with van der Waals surface area (Å²) < 4.78 is 0. The number of carbonyl (C=O) groups is 1. The van der Waals surface area contributed by atoms with E-state index in [1.54, 1.807) is 0 Å². The van der Waals surface area contributed by atoms with Crippen molar-refractivity contribution in [1.82, 2.24) is 10.2 Å². The van der Waals surface area contributed by atoms with E-state index < -0.39 is 0 Å². The molecule has 1 aromatic rings. The minimum absolute atomic E-state index is 0.139. The largest absolute Gasteiger partial charge is 0.337 e. The Balaban J connectivity index is 1.69. The van der Waals surface area contributed by atoms with Gasteiger partial charge in [0.2, 0.25) is 5.91 Å². The molecule has 1 saturated carbocycles. The second-order valence-electron chi connectivity index (χ2n) is 5.55. The number of halogens is 1. The fourth-order valence-corrected chi connectivity index (χ4v) is 3.24. The molecule has 3 rings (SSSR count). The minimum atomic E-state index is 0.139. The zero-order chi connectivity index (χ0) is 13.4. The van der Waals surface area contributed by atoms with E-state index in [2.05, 4.69) is 12.2 Å². The fourth-order valence-electron chi connectivity index (χ4n) is 2.97. The predicted octanol–water partition coefficient (Wildman–Crippen LogP) is 2.26. The molecule has 1 aliphatic heterocycles. The predicted molar refractivity (Wildman–Crippen MR) is 76.3 cm³/mol. The van der Waals surface area contributed by atoms with E-state index >= 15 is 0 Å². The number of nitrogens with one attached hydrogen (secondary N) is 1. The van der Waals surface area contributed by atoms with Crippen LogP contribution in [0.5, 0.6) is 0 Å². The highest BCUT2D eigenvalue weighted by Gasteiger charge is 2.47. The topological polar surface area (TPSA) is 32.3 Å². The van der Waals surface area contributed by atoms with Gasteiger partial charge in [0.25, 0.3) is 0 Å². The molecule has 0 bridgehead atoms. The van der Waals surface area contributed by atoms with Gasteiger partial charge in [-0.2, -0.15) is 0 Å². The number of benzene rings is 1. The van der Waals surface area contributed by atoms with Crippen LogP contribution in [0.15, 0.2) is 24.3 Å². The van der Waals surface area contributed by atoms with Crippen LogP contribution in [0, 0.1) is 5.92 Å². The molecule has 19 heavy (non-hydrogen) atoms. The van der Waals surface area contributed by atoms with Crippen molar-refractivity contribution in [2.45, 2.75) is 25.3 Å². The maximum atomic E-state index is 12.5. The molecular formula is C15H19ClN2O. The smallest absolute Gasteiger partial charge is 0.226 e. The van der Waals surface area contributed by atoms with Crippen LogP contribution in [0.2, 0.25) is 5.02 Å². The van der Waals surface area contributed by atoms with E-state index in [1.165, 1.54) is 0 Å². The van der Waals surface area contributed by atoms with E-state index in [1.807, 2.05) is 29.2 Å². The van der Waals surface area contributed by atoms with Crippen molar-refractivity contribution in [2.24, 2.45) is 5.92 Å². The summed E-state index contributed by atoms with van der Waals surface area (Å²) >= 11 is 6.21. The van der Waals surface area contributed by atoms with Crippen LogP contribution < -0.4 is 5.32 Å². The van der Waals surface area contributed by atoms with Gasteiger partial charge in [0, 0.05) is 36.6 Å². The molecule has 2 aliphatic rings. The second-order valence-corrected chi connectivity index (χ2v) is 5.96. The van der Waals surface area contributed by atoms with Crippen LogP contribution in [0.25, 0.3) is 0 Å². The van der Waals surface area contributed by atoms with Gasteiger partial charge in [-0.15, -0.1) is 0 Å². The Morgan fingerprint density at radius 3 is 2.95 bits per heavy atom. The lowest BCUT2D eigenvalue weighted by Gasteiger charge is -2.34. The van der Waals surface area contributed by atoms with Crippen molar-refractivity contribution in [3.05, 3.63) is 34.9 Å². The number of nitrogens with zero attached hydrogens (tertiary/aromatic N) is 1. The maximum Gasteiger partial charge on any atom is 0.226 e. The number of rotatable bonds is 2. The first-order chi connectivity index (χ1) is 9.18. The molecular weight excluding hydrogens is 260 g/mol. The Bertz CT molecular complexity index is 491. The zero-order valence-corrected chi connectivity index (χ0v) is 11.9. The summed E-state index contributed by atoms with van der Waals surface area (Å²) in [5.74, 6) is 0.766. The second kappa shape index (κ2) is 5.14. The summed E-state index contributed by atoms with van der Waals surface area (Å²) in [6, 6.07) is 8.18. The molecule has 0 aromatic heterocycles. The van der Waals surface area contributed by atoms with Crippen LogP contribution in [0.3, 0.4) is 0 Å². The lowest BCUT2D eigenvalue weighted by molar-refractivity contribution is -0.135. The van der Waals surface area contributed by atoms with Gasteiger partial charge in [-0.3, -0.25) is 4.79 Å². The molecule has 1 heterocycles. The number of amides is 1. The van der Waals surface area contributed by atoms with Gasteiger partial charge in [-0.1, -0.05) is 29.8 Å². The number of hydrogen-bond donors (Lipinski definition) is 1. The SMILES string of the molecule is C[C@H]1CNCCN1C(=O)C1CC1c1ccccc1Cl. The molecule has 3 atom stereocenters. The van der Waals surface area contributed by atoms with Crippen LogP contribution in [-0.4, -0.2) is 36.5 Å². The van der Waals surface area contributed by atoms with Crippen LogP contribution in [0.1, 0.15) is 24.8 Å². The summed E-state index contributed by atoms with van der Waals surface area (Å²) in [5, 5.41) is 4.10. The van der Waals surface area contributed by atoms with Crippen molar-refractivity contribution in [1.29, 1.82) is 0 Å². The van der Waals surface area contributed by atoms with Crippen LogP contribution in [0.4, 0.5) is 0 Å². The van der Waals surface area contributed by atoms with Crippen molar-refractivity contribution in [2.75, 3.05) is 19.6 Å². The third-order valence-corrected chi connectivity index (χ3v) is 4.54. The molecule has 0 spiro atoms. The molecule has 1 amide bonds. The van der Waals surface area contributed by atoms with Crippen LogP contribution in [-0.2, 0) is 4.79 Å². The van der Waals surface area contributed by atoms with Crippen molar-refractivity contribution in [3.8, 4) is 0 Å². The average Bonchev–Trinajstić information content (AvgIpc) is 3.19. The van der Waals surface area contributed by atoms with Gasteiger partial charge in [0.05, 0.1) is 0 Å². The Hall–Kier alpha value is -1.06. The quantitative estimate of drug-likeness (QED) is 0.900. The highest BCUT2D eigenvalue weighted by molar-refractivity contribution is 6.31. The van der Waals surface area contributed by atoms with E-state index in [0.29, 0.717) is 17.9 Å². The monoisotopic (exact) mass is 278 g/mol. The molecule has 1 aromatic carbocycles. The summed E-state index contributed by atoms with van der Waals surface area (Å²) in [7, 11) is 0. The minimum Gasteiger partial charge on any atom is -0.337 e. The fraction of sp³-hybridized carbons (Fsp3) is 0.533. The van der Waals surface area contributed by atoms with Gasteiger partial charge in [-0.25, -0.2) is 0 Å². The maximum absolute atomic E-state index is 12.5.